The number of rotatable bonds is 1. The van der Waals surface area contributed by atoms with E-state index in [0.29, 0.717) is 4.47 Å². The number of halogens is 6. The second-order valence-corrected chi connectivity index (χ2v) is 4.43. The van der Waals surface area contributed by atoms with E-state index in [2.05, 4.69) is 25.9 Å². The fourth-order valence-corrected chi connectivity index (χ4v) is 1.61. The molecule has 2 aromatic heterocycles. The van der Waals surface area contributed by atoms with Crippen molar-refractivity contribution < 1.29 is 22.0 Å². The number of nitrogens with zero attached hydrogens (tertiary/aromatic N) is 2. The second kappa shape index (κ2) is 4.22. The fourth-order valence-electron chi connectivity index (χ4n) is 1.28. The van der Waals surface area contributed by atoms with Crippen molar-refractivity contribution in [2.24, 2.45) is 0 Å². The Hall–Kier alpha value is -1.58. The first-order chi connectivity index (χ1) is 8.63. The fraction of sp³-hybridized carbons (Fsp3) is 0.222. The van der Waals surface area contributed by atoms with Gasteiger partial charge in [0.2, 0.25) is 0 Å². The van der Waals surface area contributed by atoms with Gasteiger partial charge in [0.25, 0.3) is 5.56 Å². The first kappa shape index (κ1) is 13.8. The summed E-state index contributed by atoms with van der Waals surface area (Å²) in [6.07, 6.45) is -4.73. The highest BCUT2D eigenvalue weighted by Crippen LogP contribution is 2.42. The van der Waals surface area contributed by atoms with E-state index in [1.165, 1.54) is 11.1 Å². The van der Waals surface area contributed by atoms with Crippen LogP contribution in [0.5, 0.6) is 0 Å². The Bertz CT molecular complexity index is 696. The maximum absolute atomic E-state index is 13.1. The lowest BCUT2D eigenvalue weighted by atomic mass is 10.2. The number of nitrogens with one attached hydrogen (secondary N) is 1. The molecule has 0 bridgehead atoms. The molecule has 0 unspecified atom stereocenters. The van der Waals surface area contributed by atoms with Gasteiger partial charge in [-0.25, -0.2) is 9.97 Å². The van der Waals surface area contributed by atoms with Gasteiger partial charge in [-0.2, -0.15) is 22.0 Å². The topological polar surface area (TPSA) is 58.6 Å². The van der Waals surface area contributed by atoms with Crippen molar-refractivity contribution in [3.8, 4) is 0 Å². The molecule has 0 fully saturated rings. The number of fused-ring (bicyclic) bond motifs is 1. The van der Waals surface area contributed by atoms with Crippen molar-refractivity contribution in [3.63, 3.8) is 0 Å². The summed E-state index contributed by atoms with van der Waals surface area (Å²) in [5.74, 6) is -7.04. The highest BCUT2D eigenvalue weighted by molar-refractivity contribution is 9.10. The lowest BCUT2D eigenvalue weighted by molar-refractivity contribution is -0.292. The minimum atomic E-state index is -5.86. The number of aromatic amines is 1. The third-order valence-corrected chi connectivity index (χ3v) is 2.61. The number of aromatic nitrogens is 3. The van der Waals surface area contributed by atoms with Gasteiger partial charge in [0.1, 0.15) is 0 Å². The molecular formula is C9H3BrF5N3O. The summed E-state index contributed by atoms with van der Waals surface area (Å²) < 4.78 is 63.0. The monoisotopic (exact) mass is 343 g/mol. The van der Waals surface area contributed by atoms with Gasteiger partial charge in [-0.3, -0.25) is 4.79 Å². The van der Waals surface area contributed by atoms with E-state index in [9.17, 15) is 26.7 Å². The summed E-state index contributed by atoms with van der Waals surface area (Å²) in [7, 11) is 0. The van der Waals surface area contributed by atoms with Gasteiger partial charge in [-0.1, -0.05) is 0 Å². The first-order valence-electron chi connectivity index (χ1n) is 4.63. The van der Waals surface area contributed by atoms with Crippen molar-refractivity contribution in [2.75, 3.05) is 0 Å². The van der Waals surface area contributed by atoms with Gasteiger partial charge in [0, 0.05) is 10.7 Å². The van der Waals surface area contributed by atoms with Gasteiger partial charge >= 0.3 is 12.1 Å². The van der Waals surface area contributed by atoms with E-state index < -0.39 is 29.1 Å². The molecule has 102 valence electrons. The third kappa shape index (κ3) is 2.31. The Labute approximate surface area is 109 Å². The van der Waals surface area contributed by atoms with Gasteiger partial charge in [0.15, 0.2) is 11.5 Å². The Morgan fingerprint density at radius 3 is 2.42 bits per heavy atom. The van der Waals surface area contributed by atoms with E-state index >= 15 is 0 Å². The Kier molecular flexibility index (Phi) is 3.07. The van der Waals surface area contributed by atoms with E-state index in [1.807, 2.05) is 0 Å². The summed E-state index contributed by atoms with van der Waals surface area (Å²) in [6, 6.07) is 1.21. The molecule has 10 heteroatoms. The van der Waals surface area contributed by atoms with Crippen LogP contribution in [0.25, 0.3) is 11.0 Å². The van der Waals surface area contributed by atoms with Crippen LogP contribution >= 0.6 is 15.9 Å². The molecule has 19 heavy (non-hydrogen) atoms. The van der Waals surface area contributed by atoms with E-state index in [0.717, 1.165) is 6.20 Å². The number of alkyl halides is 5. The molecular weight excluding hydrogens is 341 g/mol. The molecule has 0 amide bonds. The third-order valence-electron chi connectivity index (χ3n) is 2.18. The molecule has 0 aliphatic rings. The predicted octanol–water partition coefficient (Wildman–Crippen LogP) is 2.73. The van der Waals surface area contributed by atoms with Crippen molar-refractivity contribution >= 4 is 27.0 Å². The van der Waals surface area contributed by atoms with Crippen molar-refractivity contribution in [3.05, 3.63) is 32.9 Å². The number of hydrogen-bond acceptors (Lipinski definition) is 3. The van der Waals surface area contributed by atoms with E-state index in [4.69, 9.17) is 0 Å². The molecule has 4 nitrogen and oxygen atoms in total. The normalized spacial score (nSPS) is 12.9. The van der Waals surface area contributed by atoms with Gasteiger partial charge in [0.05, 0.1) is 5.39 Å². The van der Waals surface area contributed by atoms with Gasteiger partial charge in [-0.15, -0.1) is 0 Å². The summed E-state index contributed by atoms with van der Waals surface area (Å²) in [6.45, 7) is 0. The van der Waals surface area contributed by atoms with E-state index in [-0.39, 0.29) is 5.39 Å². The zero-order valence-electron chi connectivity index (χ0n) is 8.73. The number of hydrogen-bond donors (Lipinski definition) is 1. The van der Waals surface area contributed by atoms with Crippen LogP contribution in [0.4, 0.5) is 22.0 Å². The molecule has 0 aliphatic heterocycles. The molecule has 2 aromatic rings. The standard InChI is InChI=1S/C9H3BrF5N3O/c10-3-1-4-5(16-2-3)17-7(18-6(4)19)8(11,12)9(13,14)15/h1-2H,(H,16,17,18,19). The number of pyridine rings is 1. The van der Waals surface area contributed by atoms with Gasteiger partial charge < -0.3 is 4.98 Å². The van der Waals surface area contributed by atoms with Crippen LogP contribution in [0.3, 0.4) is 0 Å². The molecule has 0 saturated carbocycles. The lowest BCUT2D eigenvalue weighted by Gasteiger charge is -2.18. The maximum atomic E-state index is 13.1. The highest BCUT2D eigenvalue weighted by Gasteiger charge is 2.61. The van der Waals surface area contributed by atoms with Crippen LogP contribution in [0, 0.1) is 0 Å². The molecule has 2 rings (SSSR count). The zero-order chi connectivity index (χ0) is 14.4. The SMILES string of the molecule is O=c1[nH]c(C(F)(F)C(F)(F)F)nc2ncc(Br)cc12. The first-order valence-corrected chi connectivity index (χ1v) is 5.43. The van der Waals surface area contributed by atoms with Crippen LogP contribution < -0.4 is 5.56 Å². The summed E-state index contributed by atoms with van der Waals surface area (Å²) in [5.41, 5.74) is -1.62. The Morgan fingerprint density at radius 1 is 1.21 bits per heavy atom. The molecule has 0 aliphatic carbocycles. The van der Waals surface area contributed by atoms with Crippen LogP contribution in [-0.2, 0) is 5.92 Å². The van der Waals surface area contributed by atoms with Crippen molar-refractivity contribution in [1.29, 1.82) is 0 Å². The molecule has 0 atom stereocenters. The Balaban J connectivity index is 2.72. The average Bonchev–Trinajstić information content (AvgIpc) is 2.28. The minimum Gasteiger partial charge on any atom is -0.305 e. The predicted molar refractivity (Wildman–Crippen MR) is 57.8 cm³/mol. The van der Waals surface area contributed by atoms with E-state index in [1.54, 1.807) is 0 Å². The van der Waals surface area contributed by atoms with Crippen LogP contribution in [0.2, 0.25) is 0 Å². The molecule has 0 radical (unpaired) electrons. The van der Waals surface area contributed by atoms with Gasteiger partial charge in [-0.05, 0) is 22.0 Å². The minimum absolute atomic E-state index is 0.198. The molecule has 0 aromatic carbocycles. The van der Waals surface area contributed by atoms with Crippen LogP contribution in [0.1, 0.15) is 5.82 Å². The number of H-pyrrole nitrogens is 1. The molecule has 0 saturated heterocycles. The zero-order valence-corrected chi connectivity index (χ0v) is 10.3. The smallest absolute Gasteiger partial charge is 0.305 e. The molecule has 2 heterocycles. The largest absolute Gasteiger partial charge is 0.461 e. The maximum Gasteiger partial charge on any atom is 0.461 e. The molecule has 0 spiro atoms. The van der Waals surface area contributed by atoms with Crippen molar-refractivity contribution in [1.82, 2.24) is 15.0 Å². The van der Waals surface area contributed by atoms with Crippen molar-refractivity contribution in [2.45, 2.75) is 12.1 Å². The lowest BCUT2D eigenvalue weighted by Crippen LogP contribution is -2.37. The highest BCUT2D eigenvalue weighted by atomic mass is 79.9. The average molecular weight is 344 g/mol. The van der Waals surface area contributed by atoms with Crippen LogP contribution in [-0.4, -0.2) is 21.1 Å². The molecule has 1 N–H and O–H groups in total. The quantitative estimate of drug-likeness (QED) is 0.810. The van der Waals surface area contributed by atoms with Crippen LogP contribution in [0.15, 0.2) is 21.5 Å². The Morgan fingerprint density at radius 2 is 1.84 bits per heavy atom. The second-order valence-electron chi connectivity index (χ2n) is 3.51. The summed E-state index contributed by atoms with van der Waals surface area (Å²) in [5, 5.41) is -0.198. The summed E-state index contributed by atoms with van der Waals surface area (Å²) in [4.78, 5) is 19.5. The summed E-state index contributed by atoms with van der Waals surface area (Å²) >= 11 is 2.99.